The van der Waals surface area contributed by atoms with E-state index in [4.69, 9.17) is 26.1 Å². The summed E-state index contributed by atoms with van der Waals surface area (Å²) in [5.74, 6) is -0.0902. The van der Waals surface area contributed by atoms with Crippen LogP contribution in [-0.4, -0.2) is 24.2 Å². The van der Waals surface area contributed by atoms with E-state index in [-0.39, 0.29) is 23.8 Å². The molecule has 154 valence electrons. The van der Waals surface area contributed by atoms with Gasteiger partial charge in [-0.15, -0.1) is 0 Å². The quantitative estimate of drug-likeness (QED) is 0.300. The number of fused-ring (bicyclic) bond motifs is 1. The molecular weight excluding hydrogens is 470 g/mol. The number of halogens is 1. The Morgan fingerprint density at radius 2 is 1.93 bits per heavy atom. The molecule has 3 rings (SSSR count). The third-order valence-corrected chi connectivity index (χ3v) is 4.92. The zero-order chi connectivity index (χ0) is 21.7. The topological polar surface area (TPSA) is 77.8 Å². The molecule has 0 unspecified atom stereocenters. The summed E-state index contributed by atoms with van der Waals surface area (Å²) < 4.78 is 16.5. The van der Waals surface area contributed by atoms with Gasteiger partial charge in [-0.1, -0.05) is 46.9 Å². The number of hydrogen-bond donors (Lipinski definition) is 1. The highest BCUT2D eigenvalue weighted by molar-refractivity contribution is 9.10. The number of benzene rings is 2. The molecule has 0 aliphatic heterocycles. The van der Waals surface area contributed by atoms with Gasteiger partial charge in [0.05, 0.1) is 12.2 Å². The molecule has 0 radical (unpaired) electrons. The summed E-state index contributed by atoms with van der Waals surface area (Å²) in [5.41, 5.74) is 1.35. The van der Waals surface area contributed by atoms with Crippen LogP contribution >= 0.6 is 28.1 Å². The smallest absolute Gasteiger partial charge is 0.346 e. The molecule has 0 bridgehead atoms. The fraction of sp³-hybridized carbons (Fsp3) is 0.136. The van der Waals surface area contributed by atoms with Gasteiger partial charge in [-0.05, 0) is 42.8 Å². The molecule has 8 heteroatoms. The molecule has 0 fully saturated rings. The van der Waals surface area contributed by atoms with Crippen molar-refractivity contribution in [3.63, 3.8) is 0 Å². The molecule has 0 amide bonds. The van der Waals surface area contributed by atoms with Crippen molar-refractivity contribution in [2.24, 2.45) is 0 Å². The molecule has 0 spiro atoms. The van der Waals surface area contributed by atoms with Crippen LogP contribution in [0.4, 0.5) is 0 Å². The first-order valence-electron chi connectivity index (χ1n) is 9.00. The number of thiocarbonyl (C=S) groups is 1. The standard InChI is InChI=1S/C22H18BrNO5S/c1-3-27-20(25)12-28-17-9-6-15-10-18(22(26)29-19(15)11-17)21(30)24-13(2)14-4-7-16(23)8-5-14/h4-11H,2-3,12H2,1H3,(H,24,30). The van der Waals surface area contributed by atoms with Crippen molar-refractivity contribution < 1.29 is 18.7 Å². The van der Waals surface area contributed by atoms with Gasteiger partial charge in [0, 0.05) is 21.6 Å². The first kappa shape index (κ1) is 21.7. The van der Waals surface area contributed by atoms with Crippen LogP contribution in [0.25, 0.3) is 16.7 Å². The van der Waals surface area contributed by atoms with Crippen LogP contribution in [0.2, 0.25) is 0 Å². The predicted octanol–water partition coefficient (Wildman–Crippen LogP) is 4.43. The van der Waals surface area contributed by atoms with Crippen molar-refractivity contribution >= 4 is 55.8 Å². The molecule has 2 aromatic carbocycles. The molecule has 0 atom stereocenters. The molecule has 0 aliphatic rings. The molecule has 0 aliphatic carbocycles. The number of carbonyl (C=O) groups excluding carboxylic acids is 1. The average molecular weight is 488 g/mol. The van der Waals surface area contributed by atoms with Crippen LogP contribution in [-0.2, 0) is 9.53 Å². The second-order valence-corrected chi connectivity index (χ2v) is 7.50. The largest absolute Gasteiger partial charge is 0.482 e. The highest BCUT2D eigenvalue weighted by atomic mass is 79.9. The molecule has 0 saturated carbocycles. The van der Waals surface area contributed by atoms with Crippen molar-refractivity contribution in [1.29, 1.82) is 0 Å². The summed E-state index contributed by atoms with van der Waals surface area (Å²) in [6.07, 6.45) is 0. The van der Waals surface area contributed by atoms with E-state index in [9.17, 15) is 9.59 Å². The van der Waals surface area contributed by atoms with Crippen molar-refractivity contribution in [1.82, 2.24) is 5.32 Å². The highest BCUT2D eigenvalue weighted by Crippen LogP contribution is 2.21. The van der Waals surface area contributed by atoms with Gasteiger partial charge in [0.2, 0.25) is 0 Å². The number of nitrogens with one attached hydrogen (secondary N) is 1. The molecule has 0 saturated heterocycles. The summed E-state index contributed by atoms with van der Waals surface area (Å²) in [7, 11) is 0. The Morgan fingerprint density at radius 3 is 2.63 bits per heavy atom. The van der Waals surface area contributed by atoms with Gasteiger partial charge >= 0.3 is 11.6 Å². The lowest BCUT2D eigenvalue weighted by molar-refractivity contribution is -0.145. The minimum Gasteiger partial charge on any atom is -0.482 e. The first-order chi connectivity index (χ1) is 14.4. The van der Waals surface area contributed by atoms with Crippen molar-refractivity contribution in [3.8, 4) is 5.75 Å². The third-order valence-electron chi connectivity index (χ3n) is 4.07. The van der Waals surface area contributed by atoms with Gasteiger partial charge in [0.25, 0.3) is 0 Å². The van der Waals surface area contributed by atoms with E-state index in [0.29, 0.717) is 22.4 Å². The average Bonchev–Trinajstić information content (AvgIpc) is 2.72. The van der Waals surface area contributed by atoms with Crippen molar-refractivity contribution in [3.05, 3.63) is 81.1 Å². The Hall–Kier alpha value is -2.97. The summed E-state index contributed by atoms with van der Waals surface area (Å²) in [6, 6.07) is 14.1. The minimum atomic E-state index is -0.592. The second kappa shape index (κ2) is 9.69. The number of carbonyl (C=O) groups is 1. The summed E-state index contributed by atoms with van der Waals surface area (Å²) in [6.45, 7) is 5.74. The first-order valence-corrected chi connectivity index (χ1v) is 10.2. The van der Waals surface area contributed by atoms with Crippen LogP contribution in [0.3, 0.4) is 0 Å². The maximum atomic E-state index is 12.5. The van der Waals surface area contributed by atoms with Gasteiger partial charge < -0.3 is 19.2 Å². The van der Waals surface area contributed by atoms with Crippen LogP contribution in [0, 0.1) is 0 Å². The van der Waals surface area contributed by atoms with E-state index in [0.717, 1.165) is 10.0 Å². The minimum absolute atomic E-state index is 0.209. The zero-order valence-electron chi connectivity index (χ0n) is 16.1. The number of ether oxygens (including phenoxy) is 2. The number of esters is 1. The highest BCUT2D eigenvalue weighted by Gasteiger charge is 2.13. The Balaban J connectivity index is 1.77. The maximum absolute atomic E-state index is 12.5. The number of hydrogen-bond acceptors (Lipinski definition) is 6. The van der Waals surface area contributed by atoms with E-state index in [1.54, 1.807) is 25.1 Å². The Bertz CT molecular complexity index is 1170. The van der Waals surface area contributed by atoms with Gasteiger partial charge in [-0.2, -0.15) is 0 Å². The lowest BCUT2D eigenvalue weighted by Gasteiger charge is -2.11. The van der Waals surface area contributed by atoms with E-state index < -0.39 is 11.6 Å². The zero-order valence-corrected chi connectivity index (χ0v) is 18.5. The normalized spacial score (nSPS) is 10.5. The fourth-order valence-electron chi connectivity index (χ4n) is 2.61. The monoisotopic (exact) mass is 487 g/mol. The molecule has 1 heterocycles. The Kier molecular flexibility index (Phi) is 7.02. The number of rotatable bonds is 7. The second-order valence-electron chi connectivity index (χ2n) is 6.18. The fourth-order valence-corrected chi connectivity index (χ4v) is 3.14. The maximum Gasteiger partial charge on any atom is 0.346 e. The van der Waals surface area contributed by atoms with Gasteiger partial charge in [0.15, 0.2) is 6.61 Å². The Labute approximate surface area is 186 Å². The third kappa shape index (κ3) is 5.34. The summed E-state index contributed by atoms with van der Waals surface area (Å²) in [4.78, 5) is 24.1. The molecule has 1 N–H and O–H groups in total. The van der Waals surface area contributed by atoms with Crippen LogP contribution in [0.5, 0.6) is 5.75 Å². The molecule has 3 aromatic rings. The summed E-state index contributed by atoms with van der Waals surface area (Å²) >= 11 is 8.76. The lowest BCUT2D eigenvalue weighted by atomic mass is 10.1. The molecule has 1 aromatic heterocycles. The predicted molar refractivity (Wildman–Crippen MR) is 123 cm³/mol. The van der Waals surface area contributed by atoms with Gasteiger partial charge in [0.1, 0.15) is 16.3 Å². The molecule has 6 nitrogen and oxygen atoms in total. The van der Waals surface area contributed by atoms with E-state index in [2.05, 4.69) is 27.8 Å². The van der Waals surface area contributed by atoms with Crippen LogP contribution in [0.15, 0.2) is 68.8 Å². The lowest BCUT2D eigenvalue weighted by Crippen LogP contribution is -2.25. The van der Waals surface area contributed by atoms with E-state index in [1.807, 2.05) is 24.3 Å². The van der Waals surface area contributed by atoms with E-state index >= 15 is 0 Å². The van der Waals surface area contributed by atoms with E-state index in [1.165, 1.54) is 6.07 Å². The van der Waals surface area contributed by atoms with Gasteiger partial charge in [-0.3, -0.25) is 0 Å². The summed E-state index contributed by atoms with van der Waals surface area (Å²) in [5, 5.41) is 3.64. The molecular formula is C22H18BrNO5S. The van der Waals surface area contributed by atoms with Crippen LogP contribution in [0.1, 0.15) is 18.1 Å². The molecule has 30 heavy (non-hydrogen) atoms. The van der Waals surface area contributed by atoms with Crippen LogP contribution < -0.4 is 15.7 Å². The SMILES string of the molecule is C=C(NC(=S)c1cc2ccc(OCC(=O)OCC)cc2oc1=O)c1ccc(Br)cc1. The van der Waals surface area contributed by atoms with Crippen molar-refractivity contribution in [2.75, 3.05) is 13.2 Å². The Morgan fingerprint density at radius 1 is 1.20 bits per heavy atom. The van der Waals surface area contributed by atoms with Crippen molar-refractivity contribution in [2.45, 2.75) is 6.92 Å². The van der Waals surface area contributed by atoms with Gasteiger partial charge in [-0.25, -0.2) is 9.59 Å².